The summed E-state index contributed by atoms with van der Waals surface area (Å²) in [4.78, 5) is 24.1. The lowest BCUT2D eigenvalue weighted by Crippen LogP contribution is -2.51. The zero-order chi connectivity index (χ0) is 15.8. The van der Waals surface area contributed by atoms with Crippen LogP contribution in [-0.4, -0.2) is 61.6 Å². The maximum atomic E-state index is 11.0. The van der Waals surface area contributed by atoms with Gasteiger partial charge in [-0.25, -0.2) is 4.98 Å². The SMILES string of the molecule is COC(=O)CCCCN=C(N)N1CCN(c2nccs2)CC1.I. The van der Waals surface area contributed by atoms with Gasteiger partial charge in [0.05, 0.1) is 7.11 Å². The molecule has 1 aromatic heterocycles. The number of anilines is 1. The number of hydrogen-bond acceptors (Lipinski definition) is 6. The number of hydrogen-bond donors (Lipinski definition) is 1. The molecule has 1 aromatic rings. The molecular weight excluding hydrogens is 429 g/mol. The highest BCUT2D eigenvalue weighted by Crippen LogP contribution is 2.18. The molecule has 0 atom stereocenters. The lowest BCUT2D eigenvalue weighted by atomic mass is 10.2. The molecule has 1 saturated heterocycles. The number of guanidine groups is 1. The van der Waals surface area contributed by atoms with Crippen LogP contribution in [0.1, 0.15) is 19.3 Å². The number of rotatable bonds is 6. The van der Waals surface area contributed by atoms with Crippen LogP contribution in [0.4, 0.5) is 5.13 Å². The van der Waals surface area contributed by atoms with Crippen LogP contribution in [0.25, 0.3) is 0 Å². The summed E-state index contributed by atoms with van der Waals surface area (Å²) in [6, 6.07) is 0. The Hall–Kier alpha value is -1.10. The molecule has 0 aromatic carbocycles. The van der Waals surface area contributed by atoms with Gasteiger partial charge in [0.25, 0.3) is 0 Å². The van der Waals surface area contributed by atoms with E-state index in [0.29, 0.717) is 18.9 Å². The third kappa shape index (κ3) is 6.50. The molecule has 1 fully saturated rings. The predicted octanol–water partition coefficient (Wildman–Crippen LogP) is 1.54. The van der Waals surface area contributed by atoms with E-state index < -0.39 is 0 Å². The number of ether oxygens (including phenoxy) is 1. The van der Waals surface area contributed by atoms with Crippen molar-refractivity contribution in [3.05, 3.63) is 11.6 Å². The van der Waals surface area contributed by atoms with E-state index in [0.717, 1.165) is 44.2 Å². The number of piperazine rings is 1. The van der Waals surface area contributed by atoms with Crippen LogP contribution in [0.3, 0.4) is 0 Å². The Balaban J connectivity index is 0.00000264. The van der Waals surface area contributed by atoms with Crippen LogP contribution in [-0.2, 0) is 9.53 Å². The molecule has 130 valence electrons. The fourth-order valence-corrected chi connectivity index (χ4v) is 2.97. The molecule has 2 N–H and O–H groups in total. The second-order valence-corrected chi connectivity index (χ2v) is 5.93. The summed E-state index contributed by atoms with van der Waals surface area (Å²) in [5, 5.41) is 3.06. The molecule has 0 unspecified atom stereocenters. The number of unbranched alkanes of at least 4 members (excludes halogenated alkanes) is 1. The van der Waals surface area contributed by atoms with Gasteiger partial charge in [-0.3, -0.25) is 9.79 Å². The highest BCUT2D eigenvalue weighted by atomic mass is 127. The van der Waals surface area contributed by atoms with Crippen LogP contribution in [0.5, 0.6) is 0 Å². The Kier molecular flexibility index (Phi) is 9.22. The average Bonchev–Trinajstić information content (AvgIpc) is 3.08. The van der Waals surface area contributed by atoms with E-state index >= 15 is 0 Å². The third-order valence-corrected chi connectivity index (χ3v) is 4.42. The largest absolute Gasteiger partial charge is 0.469 e. The normalized spacial score (nSPS) is 15.3. The highest BCUT2D eigenvalue weighted by molar-refractivity contribution is 14.0. The van der Waals surface area contributed by atoms with E-state index in [-0.39, 0.29) is 29.9 Å². The van der Waals surface area contributed by atoms with Crippen molar-refractivity contribution in [3.8, 4) is 0 Å². The van der Waals surface area contributed by atoms with Crippen molar-refractivity contribution in [2.75, 3.05) is 44.7 Å². The molecular formula is C14H24IN5O2S. The number of thiazole rings is 1. The summed E-state index contributed by atoms with van der Waals surface area (Å²) in [7, 11) is 1.41. The van der Waals surface area contributed by atoms with Crippen molar-refractivity contribution in [2.24, 2.45) is 10.7 Å². The highest BCUT2D eigenvalue weighted by Gasteiger charge is 2.19. The first-order valence-electron chi connectivity index (χ1n) is 7.47. The van der Waals surface area contributed by atoms with Crippen molar-refractivity contribution in [1.29, 1.82) is 0 Å². The minimum atomic E-state index is -0.171. The minimum absolute atomic E-state index is 0. The van der Waals surface area contributed by atoms with Crippen LogP contribution < -0.4 is 10.6 Å². The Morgan fingerprint density at radius 2 is 2.13 bits per heavy atom. The van der Waals surface area contributed by atoms with Crippen LogP contribution in [0.2, 0.25) is 0 Å². The van der Waals surface area contributed by atoms with Gasteiger partial charge in [-0.2, -0.15) is 0 Å². The number of carbonyl (C=O) groups excluding carboxylic acids is 1. The number of nitrogens with two attached hydrogens (primary N) is 1. The molecule has 0 saturated carbocycles. The summed E-state index contributed by atoms with van der Waals surface area (Å²) in [6.07, 6.45) is 3.89. The minimum Gasteiger partial charge on any atom is -0.469 e. The molecule has 0 aliphatic carbocycles. The molecule has 1 aliphatic heterocycles. The zero-order valence-electron chi connectivity index (χ0n) is 13.3. The Labute approximate surface area is 157 Å². The first-order valence-corrected chi connectivity index (χ1v) is 8.35. The summed E-state index contributed by atoms with van der Waals surface area (Å²) in [5.41, 5.74) is 6.03. The number of nitrogens with zero attached hydrogens (tertiary/aromatic N) is 4. The van der Waals surface area contributed by atoms with Crippen LogP contribution in [0.15, 0.2) is 16.6 Å². The van der Waals surface area contributed by atoms with Gasteiger partial charge >= 0.3 is 5.97 Å². The smallest absolute Gasteiger partial charge is 0.305 e. The number of aromatic nitrogens is 1. The third-order valence-electron chi connectivity index (χ3n) is 3.58. The Bertz CT molecular complexity index is 489. The summed E-state index contributed by atoms with van der Waals surface area (Å²) in [6.45, 7) is 4.18. The van der Waals surface area contributed by atoms with Gasteiger partial charge in [-0.1, -0.05) is 0 Å². The summed E-state index contributed by atoms with van der Waals surface area (Å²) >= 11 is 1.66. The molecule has 0 radical (unpaired) electrons. The standard InChI is InChI=1S/C14H23N5O2S.HI/c1-21-12(20)4-2-3-5-16-13(15)18-7-9-19(10-8-18)14-17-6-11-22-14;/h6,11H,2-5,7-10H2,1H3,(H2,15,16);1H. The van der Waals surface area contributed by atoms with Gasteiger partial charge in [0.1, 0.15) is 0 Å². The van der Waals surface area contributed by atoms with E-state index in [9.17, 15) is 4.79 Å². The Morgan fingerprint density at radius 1 is 1.39 bits per heavy atom. The number of aliphatic imine (C=N–C) groups is 1. The van der Waals surface area contributed by atoms with E-state index in [1.54, 1.807) is 11.3 Å². The van der Waals surface area contributed by atoms with Crippen molar-refractivity contribution < 1.29 is 9.53 Å². The first-order chi connectivity index (χ1) is 10.7. The maximum Gasteiger partial charge on any atom is 0.305 e. The van der Waals surface area contributed by atoms with Crippen molar-refractivity contribution >= 4 is 52.4 Å². The molecule has 1 aliphatic rings. The average molecular weight is 453 g/mol. The van der Waals surface area contributed by atoms with Gasteiger partial charge in [-0.15, -0.1) is 35.3 Å². The van der Waals surface area contributed by atoms with Crippen LogP contribution >= 0.6 is 35.3 Å². The molecule has 9 heteroatoms. The predicted molar refractivity (Wildman–Crippen MR) is 104 cm³/mol. The summed E-state index contributed by atoms with van der Waals surface area (Å²) < 4.78 is 4.60. The summed E-state index contributed by atoms with van der Waals surface area (Å²) in [5.74, 6) is 0.423. The van der Waals surface area contributed by atoms with Crippen molar-refractivity contribution in [2.45, 2.75) is 19.3 Å². The number of halogens is 1. The maximum absolute atomic E-state index is 11.0. The monoisotopic (exact) mass is 453 g/mol. The lowest BCUT2D eigenvalue weighted by Gasteiger charge is -2.35. The second kappa shape index (κ2) is 10.6. The molecule has 0 bridgehead atoms. The second-order valence-electron chi connectivity index (χ2n) is 5.06. The molecule has 23 heavy (non-hydrogen) atoms. The van der Waals surface area contributed by atoms with Crippen LogP contribution in [0, 0.1) is 0 Å². The van der Waals surface area contributed by atoms with Gasteiger partial charge in [-0.05, 0) is 12.8 Å². The molecule has 7 nitrogen and oxygen atoms in total. The van der Waals surface area contributed by atoms with E-state index in [1.807, 2.05) is 11.6 Å². The van der Waals surface area contributed by atoms with Gasteiger partial charge in [0.2, 0.25) is 0 Å². The molecule has 2 heterocycles. The van der Waals surface area contributed by atoms with Crippen molar-refractivity contribution in [3.63, 3.8) is 0 Å². The fourth-order valence-electron chi connectivity index (χ4n) is 2.28. The van der Waals surface area contributed by atoms with Gasteiger partial charge in [0, 0.05) is 50.7 Å². The van der Waals surface area contributed by atoms with E-state index in [1.165, 1.54) is 7.11 Å². The van der Waals surface area contributed by atoms with Gasteiger partial charge in [0.15, 0.2) is 11.1 Å². The number of methoxy groups -OCH3 is 1. The quantitative estimate of drug-likeness (QED) is 0.231. The zero-order valence-corrected chi connectivity index (χ0v) is 16.5. The lowest BCUT2D eigenvalue weighted by molar-refractivity contribution is -0.140. The van der Waals surface area contributed by atoms with E-state index in [4.69, 9.17) is 5.73 Å². The number of carbonyl (C=O) groups is 1. The first kappa shape index (κ1) is 19.9. The topological polar surface area (TPSA) is 84.0 Å². The molecule has 0 amide bonds. The fraction of sp³-hybridized carbons (Fsp3) is 0.643. The van der Waals surface area contributed by atoms with Gasteiger partial charge < -0.3 is 20.3 Å². The number of esters is 1. The molecule has 2 rings (SSSR count). The van der Waals surface area contributed by atoms with Crippen molar-refractivity contribution in [1.82, 2.24) is 9.88 Å². The Morgan fingerprint density at radius 3 is 2.74 bits per heavy atom. The van der Waals surface area contributed by atoms with E-state index in [2.05, 4.69) is 24.5 Å². The molecule has 0 spiro atoms.